The van der Waals surface area contributed by atoms with E-state index in [1.54, 1.807) is 6.07 Å². The van der Waals surface area contributed by atoms with Crippen molar-refractivity contribution in [2.24, 2.45) is 5.41 Å². The lowest BCUT2D eigenvalue weighted by Crippen LogP contribution is -2.40. The molecule has 0 saturated carbocycles. The first kappa shape index (κ1) is 16.0. The summed E-state index contributed by atoms with van der Waals surface area (Å²) in [4.78, 5) is 2.05. The van der Waals surface area contributed by atoms with Gasteiger partial charge in [-0.25, -0.2) is 4.39 Å². The average Bonchev–Trinajstić information content (AvgIpc) is 2.34. The second-order valence-electron chi connectivity index (χ2n) is 6.34. The van der Waals surface area contributed by atoms with Gasteiger partial charge in [-0.1, -0.05) is 32.9 Å². The first-order chi connectivity index (χ1) is 8.70. The highest BCUT2D eigenvalue weighted by Crippen LogP contribution is 2.33. The van der Waals surface area contributed by atoms with E-state index in [1.165, 1.54) is 6.07 Å². The summed E-state index contributed by atoms with van der Waals surface area (Å²) in [5.41, 5.74) is 1.80. The van der Waals surface area contributed by atoms with E-state index in [0.717, 1.165) is 5.56 Å². The Morgan fingerprint density at radius 1 is 1.21 bits per heavy atom. The van der Waals surface area contributed by atoms with Crippen molar-refractivity contribution in [1.29, 1.82) is 0 Å². The molecule has 0 fully saturated rings. The van der Waals surface area contributed by atoms with Crippen LogP contribution in [0.5, 0.6) is 0 Å². The van der Waals surface area contributed by atoms with Gasteiger partial charge in [-0.15, -0.1) is 0 Å². The quantitative estimate of drug-likeness (QED) is 0.887. The number of nitrogens with one attached hydrogen (secondary N) is 1. The maximum Gasteiger partial charge on any atom is 0.146 e. The molecular formula is C16H27FN2. The molecule has 2 atom stereocenters. The van der Waals surface area contributed by atoms with Gasteiger partial charge in [-0.05, 0) is 37.9 Å². The van der Waals surface area contributed by atoms with E-state index in [-0.39, 0.29) is 23.3 Å². The molecule has 2 unspecified atom stereocenters. The Balaban J connectivity index is 3.25. The van der Waals surface area contributed by atoms with Crippen molar-refractivity contribution >= 4 is 5.69 Å². The molecule has 1 aromatic rings. The van der Waals surface area contributed by atoms with Crippen LogP contribution in [0.15, 0.2) is 18.2 Å². The summed E-state index contributed by atoms with van der Waals surface area (Å²) >= 11 is 0. The highest BCUT2D eigenvalue weighted by Gasteiger charge is 2.27. The third kappa shape index (κ3) is 3.47. The Bertz CT molecular complexity index is 423. The van der Waals surface area contributed by atoms with Crippen molar-refractivity contribution in [1.82, 2.24) is 5.32 Å². The Hall–Kier alpha value is -1.09. The molecule has 0 aliphatic heterocycles. The molecule has 0 spiro atoms. The minimum Gasteiger partial charge on any atom is -0.369 e. The maximum absolute atomic E-state index is 14.3. The fourth-order valence-electron chi connectivity index (χ4n) is 2.18. The predicted octanol–water partition coefficient (Wildman–Crippen LogP) is 3.98. The largest absolute Gasteiger partial charge is 0.369 e. The van der Waals surface area contributed by atoms with Crippen LogP contribution in [0.4, 0.5) is 10.1 Å². The van der Waals surface area contributed by atoms with Crippen LogP contribution in [0.3, 0.4) is 0 Å². The third-order valence-corrected chi connectivity index (χ3v) is 4.10. The molecule has 2 nitrogen and oxygen atoms in total. The minimum absolute atomic E-state index is 0.0944. The molecule has 108 valence electrons. The molecule has 1 rings (SSSR count). The number of halogens is 1. The average molecular weight is 266 g/mol. The molecule has 19 heavy (non-hydrogen) atoms. The van der Waals surface area contributed by atoms with E-state index in [4.69, 9.17) is 0 Å². The number of anilines is 1. The molecule has 0 bridgehead atoms. The van der Waals surface area contributed by atoms with E-state index in [0.29, 0.717) is 5.69 Å². The van der Waals surface area contributed by atoms with Crippen molar-refractivity contribution in [3.8, 4) is 0 Å². The zero-order chi connectivity index (χ0) is 14.8. The van der Waals surface area contributed by atoms with Gasteiger partial charge in [-0.2, -0.15) is 0 Å². The van der Waals surface area contributed by atoms with Crippen LogP contribution in [-0.4, -0.2) is 20.1 Å². The summed E-state index contributed by atoms with van der Waals surface area (Å²) < 4.78 is 14.3. The monoisotopic (exact) mass is 266 g/mol. The van der Waals surface area contributed by atoms with Crippen molar-refractivity contribution < 1.29 is 4.39 Å². The third-order valence-electron chi connectivity index (χ3n) is 4.10. The van der Waals surface area contributed by atoms with Crippen molar-refractivity contribution in [3.63, 3.8) is 0 Å². The Kier molecular flexibility index (Phi) is 4.97. The van der Waals surface area contributed by atoms with Crippen LogP contribution >= 0.6 is 0 Å². The molecule has 0 radical (unpaired) electrons. The number of para-hydroxylation sites is 1. The lowest BCUT2D eigenvalue weighted by molar-refractivity contribution is 0.327. The van der Waals surface area contributed by atoms with E-state index < -0.39 is 0 Å². The van der Waals surface area contributed by atoms with E-state index in [2.05, 4.69) is 37.9 Å². The molecule has 0 saturated heterocycles. The number of hydrogen-bond donors (Lipinski definition) is 1. The number of rotatable bonds is 4. The molecule has 3 heteroatoms. The zero-order valence-electron chi connectivity index (χ0n) is 13.2. The van der Waals surface area contributed by atoms with Gasteiger partial charge in [0, 0.05) is 19.1 Å². The second-order valence-corrected chi connectivity index (χ2v) is 6.34. The summed E-state index contributed by atoms with van der Waals surface area (Å²) in [6, 6.07) is 5.67. The smallest absolute Gasteiger partial charge is 0.146 e. The van der Waals surface area contributed by atoms with Crippen LogP contribution in [-0.2, 0) is 0 Å². The second kappa shape index (κ2) is 5.91. The van der Waals surface area contributed by atoms with Crippen molar-refractivity contribution in [2.75, 3.05) is 19.0 Å². The molecule has 0 amide bonds. The van der Waals surface area contributed by atoms with Gasteiger partial charge in [0.15, 0.2) is 0 Å². The summed E-state index contributed by atoms with van der Waals surface area (Å²) in [7, 11) is 3.87. The fraction of sp³-hybridized carbons (Fsp3) is 0.625. The molecule has 0 aliphatic carbocycles. The molecular weight excluding hydrogens is 239 g/mol. The Morgan fingerprint density at radius 2 is 1.79 bits per heavy atom. The van der Waals surface area contributed by atoms with Crippen LogP contribution in [0, 0.1) is 11.2 Å². The molecule has 0 aromatic heterocycles. The maximum atomic E-state index is 14.3. The topological polar surface area (TPSA) is 15.3 Å². The zero-order valence-corrected chi connectivity index (χ0v) is 13.2. The lowest BCUT2D eigenvalue weighted by Gasteiger charge is -2.38. The predicted molar refractivity (Wildman–Crippen MR) is 81.2 cm³/mol. The number of nitrogens with zero attached hydrogens (tertiary/aromatic N) is 1. The van der Waals surface area contributed by atoms with E-state index in [9.17, 15) is 4.39 Å². The first-order valence-electron chi connectivity index (χ1n) is 6.88. The van der Waals surface area contributed by atoms with Gasteiger partial charge in [0.1, 0.15) is 5.82 Å². The van der Waals surface area contributed by atoms with Gasteiger partial charge in [-0.3, -0.25) is 0 Å². The van der Waals surface area contributed by atoms with Crippen LogP contribution in [0.2, 0.25) is 0 Å². The minimum atomic E-state index is -0.154. The van der Waals surface area contributed by atoms with Gasteiger partial charge < -0.3 is 10.2 Å². The summed E-state index contributed by atoms with van der Waals surface area (Å²) in [6.07, 6.45) is 0. The lowest BCUT2D eigenvalue weighted by atomic mass is 9.86. The Morgan fingerprint density at radius 3 is 2.26 bits per heavy atom. The highest BCUT2D eigenvalue weighted by molar-refractivity contribution is 5.56. The molecule has 0 heterocycles. The van der Waals surface area contributed by atoms with Crippen LogP contribution in [0.1, 0.15) is 46.2 Å². The molecule has 1 N–H and O–H groups in total. The normalized spacial score (nSPS) is 15.2. The van der Waals surface area contributed by atoms with Crippen molar-refractivity contribution in [3.05, 3.63) is 29.6 Å². The van der Waals surface area contributed by atoms with Crippen LogP contribution < -0.4 is 10.2 Å². The fourth-order valence-corrected chi connectivity index (χ4v) is 2.18. The van der Waals surface area contributed by atoms with E-state index >= 15 is 0 Å². The van der Waals surface area contributed by atoms with E-state index in [1.807, 2.05) is 27.1 Å². The summed E-state index contributed by atoms with van der Waals surface area (Å²) in [5.74, 6) is -0.154. The molecule has 0 aliphatic rings. The SMILES string of the molecule is CNC(C)c1cccc(F)c1N(C)C(C)C(C)(C)C. The number of hydrogen-bond acceptors (Lipinski definition) is 2. The standard InChI is InChI=1S/C16H27FN2/c1-11(18-6)13-9-8-10-14(17)15(13)19(7)12(2)16(3,4)5/h8-12,18H,1-7H3. The van der Waals surface area contributed by atoms with Crippen molar-refractivity contribution in [2.45, 2.75) is 46.7 Å². The van der Waals surface area contributed by atoms with Gasteiger partial charge in [0.25, 0.3) is 0 Å². The molecule has 1 aromatic carbocycles. The summed E-state index contributed by atoms with van der Waals surface area (Å²) in [6.45, 7) is 10.7. The van der Waals surface area contributed by atoms with Gasteiger partial charge in [0.2, 0.25) is 0 Å². The summed E-state index contributed by atoms with van der Waals surface area (Å²) in [5, 5.41) is 3.19. The first-order valence-corrected chi connectivity index (χ1v) is 6.88. The Labute approximate surface area is 117 Å². The van der Waals surface area contributed by atoms with Gasteiger partial charge in [0.05, 0.1) is 5.69 Å². The van der Waals surface area contributed by atoms with Crippen LogP contribution in [0.25, 0.3) is 0 Å². The van der Waals surface area contributed by atoms with Gasteiger partial charge >= 0.3 is 0 Å². The number of benzene rings is 1. The highest BCUT2D eigenvalue weighted by atomic mass is 19.1.